The van der Waals surface area contributed by atoms with E-state index in [1.165, 1.54) is 20.2 Å². The van der Waals surface area contributed by atoms with E-state index in [-0.39, 0.29) is 5.82 Å². The quantitative estimate of drug-likeness (QED) is 0.380. The average molecular weight is 362 g/mol. The van der Waals surface area contributed by atoms with E-state index in [0.29, 0.717) is 17.1 Å². The number of rotatable bonds is 7. The fourth-order valence-electron chi connectivity index (χ4n) is 1.90. The van der Waals surface area contributed by atoms with Crippen LogP contribution in [0.5, 0.6) is 11.5 Å². The average Bonchev–Trinajstić information content (AvgIpc) is 2.63. The Morgan fingerprint density at radius 3 is 2.73 bits per heavy atom. The maximum Gasteiger partial charge on any atom is 0.342 e. The first-order valence-corrected chi connectivity index (χ1v) is 7.45. The van der Waals surface area contributed by atoms with Gasteiger partial charge in [0.1, 0.15) is 17.5 Å². The number of benzene rings is 1. The van der Waals surface area contributed by atoms with Crippen molar-refractivity contribution < 1.29 is 14.3 Å². The largest absolute Gasteiger partial charge is 0.497 e. The fraction of sp³-hybridized carbons (Fsp3) is 0.267. The first-order chi connectivity index (χ1) is 12.4. The molecule has 0 saturated heterocycles. The zero-order valence-electron chi connectivity index (χ0n) is 14.3. The summed E-state index contributed by atoms with van der Waals surface area (Å²) in [6.45, 7) is 1.51. The number of carbonyl (C=O) groups excluding carboxylic acids is 1. The predicted molar refractivity (Wildman–Crippen MR) is 93.8 cm³/mol. The molecule has 0 spiro atoms. The Morgan fingerprint density at radius 1 is 1.31 bits per heavy atom. The van der Waals surface area contributed by atoms with Crippen molar-refractivity contribution in [1.82, 2.24) is 20.6 Å². The Balaban J connectivity index is 2.00. The Labute approximate surface area is 147 Å². The zero-order valence-corrected chi connectivity index (χ0v) is 14.3. The van der Waals surface area contributed by atoms with Gasteiger partial charge in [0.25, 0.3) is 11.5 Å². The second-order valence-corrected chi connectivity index (χ2v) is 5.06. The lowest BCUT2D eigenvalue weighted by molar-refractivity contribution is -0.121. The summed E-state index contributed by atoms with van der Waals surface area (Å²) in [5, 5.41) is 12.0. The molecule has 0 aliphatic heterocycles. The van der Waals surface area contributed by atoms with Gasteiger partial charge in [0.15, 0.2) is 0 Å². The highest BCUT2D eigenvalue weighted by molar-refractivity contribution is 5.87. The number of methoxy groups -OCH3 is 2. The number of amides is 1. The fourth-order valence-corrected chi connectivity index (χ4v) is 1.90. The van der Waals surface area contributed by atoms with Gasteiger partial charge in [-0.2, -0.15) is 5.10 Å². The van der Waals surface area contributed by atoms with Crippen LogP contribution in [0, 0.1) is 0 Å². The Morgan fingerprint density at radius 2 is 2.08 bits per heavy atom. The third kappa shape index (κ3) is 4.69. The van der Waals surface area contributed by atoms with E-state index < -0.39 is 23.2 Å². The van der Waals surface area contributed by atoms with E-state index in [0.717, 1.165) is 0 Å². The van der Waals surface area contributed by atoms with Crippen molar-refractivity contribution >= 4 is 17.9 Å². The first kappa shape index (κ1) is 18.7. The van der Waals surface area contributed by atoms with Gasteiger partial charge in [0.05, 0.1) is 20.4 Å². The van der Waals surface area contributed by atoms with E-state index in [9.17, 15) is 14.4 Å². The molecule has 1 amide bonds. The van der Waals surface area contributed by atoms with E-state index in [1.807, 2.05) is 4.98 Å². The van der Waals surface area contributed by atoms with Gasteiger partial charge >= 0.3 is 5.69 Å². The van der Waals surface area contributed by atoms with E-state index in [4.69, 9.17) is 9.47 Å². The molecule has 1 unspecified atom stereocenters. The van der Waals surface area contributed by atoms with Gasteiger partial charge in [-0.25, -0.2) is 15.3 Å². The van der Waals surface area contributed by atoms with E-state index in [1.54, 1.807) is 25.3 Å². The van der Waals surface area contributed by atoms with Crippen molar-refractivity contribution in [3.63, 3.8) is 0 Å². The van der Waals surface area contributed by atoms with Crippen LogP contribution in [0.4, 0.5) is 5.82 Å². The minimum absolute atomic E-state index is 0.187. The van der Waals surface area contributed by atoms with Crippen LogP contribution >= 0.6 is 0 Å². The van der Waals surface area contributed by atoms with E-state index >= 15 is 0 Å². The SMILES string of the molecule is COc1ccc(C=NNC(=O)C(C)Nc2n[nH]c(=O)[nH]c2=O)c(OC)c1. The molecule has 2 rings (SSSR count). The highest BCUT2D eigenvalue weighted by Gasteiger charge is 2.14. The maximum atomic E-state index is 12.0. The number of H-pyrrole nitrogens is 2. The molecule has 11 nitrogen and oxygen atoms in total. The lowest BCUT2D eigenvalue weighted by Crippen LogP contribution is -2.38. The molecule has 1 heterocycles. The molecule has 0 fully saturated rings. The molecule has 1 aromatic carbocycles. The van der Waals surface area contributed by atoms with Gasteiger partial charge in [-0.05, 0) is 19.1 Å². The van der Waals surface area contributed by atoms with Crippen LogP contribution in [0.2, 0.25) is 0 Å². The van der Waals surface area contributed by atoms with Gasteiger partial charge in [0, 0.05) is 11.6 Å². The van der Waals surface area contributed by atoms with Crippen LogP contribution in [0.3, 0.4) is 0 Å². The molecule has 0 aliphatic carbocycles. The van der Waals surface area contributed by atoms with Crippen LogP contribution in [0.1, 0.15) is 12.5 Å². The highest BCUT2D eigenvalue weighted by atomic mass is 16.5. The van der Waals surface area contributed by atoms with Crippen molar-refractivity contribution in [2.75, 3.05) is 19.5 Å². The monoisotopic (exact) mass is 362 g/mol. The number of hydrogen-bond acceptors (Lipinski definition) is 8. The molecule has 0 saturated carbocycles. The number of hydrogen-bond donors (Lipinski definition) is 4. The number of carbonyl (C=O) groups is 1. The van der Waals surface area contributed by atoms with Crippen molar-refractivity contribution in [2.24, 2.45) is 5.10 Å². The number of anilines is 1. The van der Waals surface area contributed by atoms with Crippen molar-refractivity contribution in [1.29, 1.82) is 0 Å². The molecule has 1 aromatic heterocycles. The smallest absolute Gasteiger partial charge is 0.342 e. The zero-order chi connectivity index (χ0) is 19.1. The molecular weight excluding hydrogens is 344 g/mol. The van der Waals surface area contributed by atoms with Gasteiger partial charge in [0.2, 0.25) is 5.82 Å². The standard InChI is InChI=1S/C15H18N6O5/c1-8(17-12-14(23)18-15(24)21-19-12)13(22)20-16-7-9-4-5-10(25-2)6-11(9)26-3/h4-8H,1-3H3,(H,17,19)(H,20,22)(H2,18,21,23,24). The highest BCUT2D eigenvalue weighted by Crippen LogP contribution is 2.22. The molecule has 0 bridgehead atoms. The molecule has 4 N–H and O–H groups in total. The molecule has 11 heteroatoms. The summed E-state index contributed by atoms with van der Waals surface area (Å²) < 4.78 is 10.3. The topological polar surface area (TPSA) is 151 Å². The molecule has 26 heavy (non-hydrogen) atoms. The summed E-state index contributed by atoms with van der Waals surface area (Å²) in [4.78, 5) is 36.5. The number of nitrogens with zero attached hydrogens (tertiary/aromatic N) is 2. The van der Waals surface area contributed by atoms with Crippen LogP contribution in [0.25, 0.3) is 0 Å². The summed E-state index contributed by atoms with van der Waals surface area (Å²) in [7, 11) is 3.05. The predicted octanol–water partition coefficient (Wildman–Crippen LogP) is -0.574. The second kappa shape index (κ2) is 8.46. The van der Waals surface area contributed by atoms with Gasteiger partial charge in [-0.3, -0.25) is 14.6 Å². The molecule has 0 aliphatic rings. The number of aromatic nitrogens is 3. The first-order valence-electron chi connectivity index (χ1n) is 7.45. The van der Waals surface area contributed by atoms with Gasteiger partial charge < -0.3 is 14.8 Å². The lowest BCUT2D eigenvalue weighted by Gasteiger charge is -2.11. The molecular formula is C15H18N6O5. The Hall–Kier alpha value is -3.63. The van der Waals surface area contributed by atoms with Crippen LogP contribution < -0.4 is 31.5 Å². The minimum Gasteiger partial charge on any atom is -0.497 e. The van der Waals surface area contributed by atoms with Gasteiger partial charge in [-0.15, -0.1) is 5.10 Å². The Kier molecular flexibility index (Phi) is 6.09. The van der Waals surface area contributed by atoms with Crippen LogP contribution in [0.15, 0.2) is 32.9 Å². The second-order valence-electron chi connectivity index (χ2n) is 5.06. The van der Waals surface area contributed by atoms with E-state index in [2.05, 4.69) is 26.0 Å². The number of nitrogens with one attached hydrogen (secondary N) is 4. The third-order valence-corrected chi connectivity index (χ3v) is 3.28. The molecule has 1 atom stereocenters. The van der Waals surface area contributed by atoms with Crippen LogP contribution in [-0.2, 0) is 4.79 Å². The summed E-state index contributed by atoms with van der Waals surface area (Å²) in [5.74, 6) is 0.450. The Bertz CT molecular complexity index is 919. The van der Waals surface area contributed by atoms with Crippen LogP contribution in [-0.4, -0.2) is 47.6 Å². The molecule has 0 radical (unpaired) electrons. The maximum absolute atomic E-state index is 12.0. The summed E-state index contributed by atoms with van der Waals surface area (Å²) in [6.07, 6.45) is 1.41. The summed E-state index contributed by atoms with van der Waals surface area (Å²) in [5.41, 5.74) is 1.49. The van der Waals surface area contributed by atoms with Crippen molar-refractivity contribution in [2.45, 2.75) is 13.0 Å². The van der Waals surface area contributed by atoms with Gasteiger partial charge in [-0.1, -0.05) is 0 Å². The van der Waals surface area contributed by atoms with Crippen molar-refractivity contribution in [3.8, 4) is 11.5 Å². The number of aromatic amines is 2. The number of hydrazone groups is 1. The number of ether oxygens (including phenoxy) is 2. The molecule has 138 valence electrons. The summed E-state index contributed by atoms with van der Waals surface area (Å²) in [6, 6.07) is 4.30. The lowest BCUT2D eigenvalue weighted by atomic mass is 10.2. The normalized spacial score (nSPS) is 11.8. The summed E-state index contributed by atoms with van der Waals surface area (Å²) >= 11 is 0. The van der Waals surface area contributed by atoms with Crippen molar-refractivity contribution in [3.05, 3.63) is 44.6 Å². The minimum atomic E-state index is -0.829. The molecule has 2 aromatic rings. The third-order valence-electron chi connectivity index (χ3n) is 3.28.